The van der Waals surface area contributed by atoms with E-state index in [1.54, 1.807) is 0 Å². The van der Waals surface area contributed by atoms with E-state index in [-0.39, 0.29) is 0 Å². The summed E-state index contributed by atoms with van der Waals surface area (Å²) in [5.41, 5.74) is 4.12. The molecule has 7 heteroatoms. The second-order valence-electron chi connectivity index (χ2n) is 9.35. The van der Waals surface area contributed by atoms with E-state index in [0.29, 0.717) is 18.1 Å². The molecule has 0 saturated carbocycles. The summed E-state index contributed by atoms with van der Waals surface area (Å²) in [5.74, 6) is 1.84. The summed E-state index contributed by atoms with van der Waals surface area (Å²) in [4.78, 5) is 19.4. The molecule has 2 aliphatic heterocycles. The van der Waals surface area contributed by atoms with Crippen LogP contribution in [0.5, 0.6) is 0 Å². The van der Waals surface area contributed by atoms with Gasteiger partial charge in [0.1, 0.15) is 11.5 Å². The van der Waals surface area contributed by atoms with Gasteiger partial charge in [-0.2, -0.15) is 0 Å². The first-order chi connectivity index (χ1) is 16.2. The van der Waals surface area contributed by atoms with Gasteiger partial charge >= 0.3 is 0 Å². The van der Waals surface area contributed by atoms with Crippen molar-refractivity contribution < 1.29 is 0 Å². The Labute approximate surface area is 194 Å². The number of nitrogens with zero attached hydrogens (tertiary/aromatic N) is 6. The number of likely N-dealkylation sites (tertiary alicyclic amines) is 1. The van der Waals surface area contributed by atoms with Gasteiger partial charge in [-0.05, 0) is 38.0 Å². The minimum Gasteiger partial charge on any atom is -0.366 e. The largest absolute Gasteiger partial charge is 0.366 e. The van der Waals surface area contributed by atoms with Crippen molar-refractivity contribution in [2.24, 2.45) is 0 Å². The van der Waals surface area contributed by atoms with Crippen LogP contribution < -0.4 is 10.2 Å². The van der Waals surface area contributed by atoms with E-state index in [0.717, 1.165) is 48.3 Å². The molecule has 1 N–H and O–H groups in total. The Morgan fingerprint density at radius 1 is 1.00 bits per heavy atom. The quantitative estimate of drug-likeness (QED) is 0.489. The smallest absolute Gasteiger partial charge is 0.212 e. The molecule has 2 fully saturated rings. The van der Waals surface area contributed by atoms with Crippen LogP contribution >= 0.6 is 0 Å². The number of imidazole rings is 1. The number of aromatic nitrogens is 4. The Morgan fingerprint density at radius 3 is 2.67 bits per heavy atom. The molecular weight excluding hydrogens is 410 g/mol. The average molecular weight is 440 g/mol. The summed E-state index contributed by atoms with van der Waals surface area (Å²) in [7, 11) is 0. The first kappa shape index (κ1) is 20.2. The first-order valence-corrected chi connectivity index (χ1v) is 11.8. The normalized spacial score (nSPS) is 20.3. The lowest BCUT2D eigenvalue weighted by atomic mass is 10.1. The van der Waals surface area contributed by atoms with Crippen LogP contribution in [0.25, 0.3) is 16.9 Å². The summed E-state index contributed by atoms with van der Waals surface area (Å²) in [6, 6.07) is 18.2. The lowest BCUT2D eigenvalue weighted by Crippen LogP contribution is -2.49. The standard InChI is InChI=1S/C26H29N7/c1-18(2)32-16-22-13-21(32)17-33(22)26-30-23(14-25-28-10-11-31(25)26)20-8-9-27-24(12-20)29-15-19-6-4-3-5-7-19/h3-12,14,18,21-22H,13,15-17H2,1-2H3,(H,27,29). The predicted molar refractivity (Wildman–Crippen MR) is 131 cm³/mol. The second-order valence-corrected chi connectivity index (χ2v) is 9.35. The van der Waals surface area contributed by atoms with Crippen LogP contribution in [-0.4, -0.2) is 55.5 Å². The van der Waals surface area contributed by atoms with E-state index in [9.17, 15) is 0 Å². The highest BCUT2D eigenvalue weighted by atomic mass is 15.4. The Kier molecular flexibility index (Phi) is 4.99. The number of nitrogens with one attached hydrogen (secondary N) is 1. The van der Waals surface area contributed by atoms with Crippen molar-refractivity contribution >= 4 is 17.4 Å². The summed E-state index contributed by atoms with van der Waals surface area (Å²) >= 11 is 0. The van der Waals surface area contributed by atoms with Crippen LogP contribution in [-0.2, 0) is 6.54 Å². The molecule has 5 heterocycles. The molecule has 6 rings (SSSR count). The van der Waals surface area contributed by atoms with Crippen LogP contribution in [0, 0.1) is 0 Å². The molecule has 0 amide bonds. The van der Waals surface area contributed by atoms with E-state index < -0.39 is 0 Å². The van der Waals surface area contributed by atoms with Crippen LogP contribution in [0.2, 0.25) is 0 Å². The number of rotatable bonds is 6. The lowest BCUT2D eigenvalue weighted by Gasteiger charge is -2.37. The third-order valence-electron chi connectivity index (χ3n) is 6.95. The van der Waals surface area contributed by atoms with E-state index in [1.165, 1.54) is 12.0 Å². The molecule has 0 radical (unpaired) electrons. The maximum Gasteiger partial charge on any atom is 0.212 e. The van der Waals surface area contributed by atoms with Gasteiger partial charge in [-0.3, -0.25) is 9.30 Å². The van der Waals surface area contributed by atoms with Crippen molar-refractivity contribution in [3.05, 3.63) is 72.7 Å². The molecule has 0 spiro atoms. The molecule has 2 bridgehead atoms. The Balaban J connectivity index is 1.30. The molecular formula is C26H29N7. The molecule has 1 aromatic carbocycles. The number of pyridine rings is 1. The Hall–Kier alpha value is -3.45. The predicted octanol–water partition coefficient (Wildman–Crippen LogP) is 4.07. The Bertz CT molecular complexity index is 1270. The van der Waals surface area contributed by atoms with Crippen molar-refractivity contribution in [1.82, 2.24) is 24.3 Å². The van der Waals surface area contributed by atoms with Gasteiger partial charge in [-0.25, -0.2) is 15.0 Å². The minimum atomic E-state index is 0.506. The SMILES string of the molecule is CC(C)N1CC2CC1CN2c1nc(-c2ccnc(NCc3ccccc3)c2)cc2nccn12. The maximum absolute atomic E-state index is 5.15. The van der Waals surface area contributed by atoms with Crippen LogP contribution in [0.3, 0.4) is 0 Å². The average Bonchev–Trinajstić information content (AvgIpc) is 3.58. The van der Waals surface area contributed by atoms with Crippen molar-refractivity contribution in [1.29, 1.82) is 0 Å². The highest BCUT2D eigenvalue weighted by Gasteiger charge is 2.45. The fourth-order valence-electron chi connectivity index (χ4n) is 5.31. The maximum atomic E-state index is 5.15. The van der Waals surface area contributed by atoms with Gasteiger partial charge in [-0.1, -0.05) is 30.3 Å². The summed E-state index contributed by atoms with van der Waals surface area (Å²) in [6.45, 7) is 7.45. The van der Waals surface area contributed by atoms with Crippen LogP contribution in [0.4, 0.5) is 11.8 Å². The number of benzene rings is 1. The molecule has 3 aromatic heterocycles. The van der Waals surface area contributed by atoms with Crippen LogP contribution in [0.1, 0.15) is 25.8 Å². The van der Waals surface area contributed by atoms with Crippen molar-refractivity contribution in [3.8, 4) is 11.3 Å². The van der Waals surface area contributed by atoms with Gasteiger partial charge in [0.15, 0.2) is 0 Å². The molecule has 33 heavy (non-hydrogen) atoms. The van der Waals surface area contributed by atoms with E-state index in [1.807, 2.05) is 30.7 Å². The fraction of sp³-hybridized carbons (Fsp3) is 0.346. The number of fused-ring (bicyclic) bond motifs is 3. The van der Waals surface area contributed by atoms with Crippen molar-refractivity contribution in [2.45, 2.75) is 44.9 Å². The van der Waals surface area contributed by atoms with Crippen molar-refractivity contribution in [2.75, 3.05) is 23.3 Å². The fourth-order valence-corrected chi connectivity index (χ4v) is 5.31. The number of hydrogen-bond acceptors (Lipinski definition) is 6. The number of piperazine rings is 1. The van der Waals surface area contributed by atoms with E-state index in [4.69, 9.17) is 4.98 Å². The van der Waals surface area contributed by atoms with Gasteiger partial charge in [0.25, 0.3) is 0 Å². The van der Waals surface area contributed by atoms with Crippen molar-refractivity contribution in [3.63, 3.8) is 0 Å². The third-order valence-corrected chi connectivity index (χ3v) is 6.95. The molecule has 7 nitrogen and oxygen atoms in total. The molecule has 2 aliphatic rings. The van der Waals surface area contributed by atoms with Gasteiger partial charge in [0.05, 0.1) is 5.69 Å². The van der Waals surface area contributed by atoms with E-state index >= 15 is 0 Å². The number of anilines is 2. The highest BCUT2D eigenvalue weighted by Crippen LogP contribution is 2.36. The molecule has 2 unspecified atom stereocenters. The first-order valence-electron chi connectivity index (χ1n) is 11.8. The Morgan fingerprint density at radius 2 is 1.88 bits per heavy atom. The monoisotopic (exact) mass is 439 g/mol. The molecule has 2 atom stereocenters. The number of hydrogen-bond donors (Lipinski definition) is 1. The molecule has 2 saturated heterocycles. The highest BCUT2D eigenvalue weighted by molar-refractivity contribution is 5.68. The minimum absolute atomic E-state index is 0.506. The zero-order valence-corrected chi connectivity index (χ0v) is 19.1. The summed E-state index contributed by atoms with van der Waals surface area (Å²) < 4.78 is 2.12. The van der Waals surface area contributed by atoms with Gasteiger partial charge in [0, 0.05) is 68.0 Å². The third kappa shape index (κ3) is 3.72. The topological polar surface area (TPSA) is 61.6 Å². The molecule has 4 aromatic rings. The molecule has 0 aliphatic carbocycles. The van der Waals surface area contributed by atoms with E-state index in [2.05, 4.69) is 79.7 Å². The zero-order chi connectivity index (χ0) is 22.4. The summed E-state index contributed by atoms with van der Waals surface area (Å²) in [6.07, 6.45) is 6.94. The second kappa shape index (κ2) is 8.15. The lowest BCUT2D eigenvalue weighted by molar-refractivity contribution is 0.190. The molecule has 168 valence electrons. The van der Waals surface area contributed by atoms with Crippen LogP contribution in [0.15, 0.2) is 67.1 Å². The van der Waals surface area contributed by atoms with Gasteiger partial charge in [-0.15, -0.1) is 0 Å². The van der Waals surface area contributed by atoms with Gasteiger partial charge in [0.2, 0.25) is 5.95 Å². The zero-order valence-electron chi connectivity index (χ0n) is 19.1. The van der Waals surface area contributed by atoms with Gasteiger partial charge < -0.3 is 10.2 Å². The summed E-state index contributed by atoms with van der Waals surface area (Å²) in [5, 5.41) is 3.43.